The molecule has 1 heterocycles. The van der Waals surface area contributed by atoms with Gasteiger partial charge in [0.05, 0.1) is 6.10 Å². The molecule has 2 heteroatoms. The fourth-order valence-electron chi connectivity index (χ4n) is 1.84. The van der Waals surface area contributed by atoms with Crippen LogP contribution in [0.1, 0.15) is 26.7 Å². The van der Waals surface area contributed by atoms with Crippen LogP contribution in [0.3, 0.4) is 0 Å². The maximum atomic E-state index is 9.72. The van der Waals surface area contributed by atoms with Crippen molar-refractivity contribution in [1.29, 1.82) is 0 Å². The van der Waals surface area contributed by atoms with Crippen molar-refractivity contribution in [3.8, 4) is 0 Å². The summed E-state index contributed by atoms with van der Waals surface area (Å²) in [6.07, 6.45) is 1.91. The van der Waals surface area contributed by atoms with Gasteiger partial charge < -0.3 is 10.0 Å². The van der Waals surface area contributed by atoms with E-state index in [9.17, 15) is 5.11 Å². The van der Waals surface area contributed by atoms with Gasteiger partial charge in [0, 0.05) is 18.5 Å². The zero-order valence-electron chi connectivity index (χ0n) is 7.80. The van der Waals surface area contributed by atoms with Crippen molar-refractivity contribution in [2.24, 2.45) is 5.41 Å². The Bertz CT molecular complexity index is 138. The minimum absolute atomic E-state index is 0.0938. The average molecular weight is 157 g/mol. The molecule has 11 heavy (non-hydrogen) atoms. The highest BCUT2D eigenvalue weighted by Crippen LogP contribution is 2.32. The van der Waals surface area contributed by atoms with Crippen molar-refractivity contribution in [3.63, 3.8) is 0 Å². The summed E-state index contributed by atoms with van der Waals surface area (Å²) in [5, 5.41) is 9.72. The first-order valence-corrected chi connectivity index (χ1v) is 4.45. The van der Waals surface area contributed by atoms with Gasteiger partial charge in [-0.15, -0.1) is 0 Å². The summed E-state index contributed by atoms with van der Waals surface area (Å²) >= 11 is 0. The summed E-state index contributed by atoms with van der Waals surface area (Å²) in [6.45, 7) is 6.40. The van der Waals surface area contributed by atoms with Gasteiger partial charge >= 0.3 is 0 Å². The van der Waals surface area contributed by atoms with E-state index in [1.165, 1.54) is 0 Å². The molecule has 0 bridgehead atoms. The molecule has 1 rings (SSSR count). The van der Waals surface area contributed by atoms with Crippen LogP contribution >= 0.6 is 0 Å². The normalized spacial score (nSPS) is 40.9. The van der Waals surface area contributed by atoms with Crippen molar-refractivity contribution in [2.45, 2.75) is 32.8 Å². The van der Waals surface area contributed by atoms with Gasteiger partial charge in [0.2, 0.25) is 0 Å². The fraction of sp³-hybridized carbons (Fsp3) is 1.00. The molecule has 2 unspecified atom stereocenters. The van der Waals surface area contributed by atoms with Crippen LogP contribution in [0.2, 0.25) is 0 Å². The second-order valence-corrected chi connectivity index (χ2v) is 4.05. The van der Waals surface area contributed by atoms with Crippen LogP contribution in [0.15, 0.2) is 0 Å². The van der Waals surface area contributed by atoms with Gasteiger partial charge in [-0.3, -0.25) is 0 Å². The third kappa shape index (κ3) is 1.74. The number of likely N-dealkylation sites (tertiary alicyclic amines) is 1. The highest BCUT2D eigenvalue weighted by atomic mass is 16.3. The summed E-state index contributed by atoms with van der Waals surface area (Å²) in [4.78, 5) is 2.30. The molecule has 2 atom stereocenters. The molecule has 1 N–H and O–H groups in total. The van der Waals surface area contributed by atoms with Gasteiger partial charge in [-0.25, -0.2) is 0 Å². The second-order valence-electron chi connectivity index (χ2n) is 4.05. The fourth-order valence-corrected chi connectivity index (χ4v) is 1.84. The molecule has 0 aromatic heterocycles. The van der Waals surface area contributed by atoms with Crippen LogP contribution in [0.25, 0.3) is 0 Å². The molecule has 0 radical (unpaired) electrons. The maximum Gasteiger partial charge on any atom is 0.0618 e. The molecule has 0 saturated carbocycles. The van der Waals surface area contributed by atoms with Crippen LogP contribution in [-0.2, 0) is 0 Å². The lowest BCUT2D eigenvalue weighted by atomic mass is 9.77. The number of nitrogens with zero attached hydrogens (tertiary/aromatic N) is 1. The lowest BCUT2D eigenvalue weighted by Gasteiger charge is -2.42. The summed E-state index contributed by atoms with van der Waals surface area (Å²) in [7, 11) is 2.12. The molecule has 0 spiro atoms. The number of piperidine rings is 1. The lowest BCUT2D eigenvalue weighted by molar-refractivity contribution is -0.0299. The topological polar surface area (TPSA) is 23.5 Å². The Hall–Kier alpha value is -0.0800. The van der Waals surface area contributed by atoms with Gasteiger partial charge in [-0.05, 0) is 19.9 Å². The van der Waals surface area contributed by atoms with Crippen molar-refractivity contribution >= 4 is 0 Å². The first-order valence-electron chi connectivity index (χ1n) is 4.45. The van der Waals surface area contributed by atoms with Crippen LogP contribution in [0.4, 0.5) is 0 Å². The Balaban J connectivity index is 2.60. The van der Waals surface area contributed by atoms with Crippen molar-refractivity contribution in [3.05, 3.63) is 0 Å². The quantitative estimate of drug-likeness (QED) is 0.616. The zero-order valence-corrected chi connectivity index (χ0v) is 7.80. The highest BCUT2D eigenvalue weighted by molar-refractivity contribution is 4.88. The monoisotopic (exact) mass is 157 g/mol. The summed E-state index contributed by atoms with van der Waals surface area (Å²) in [6, 6.07) is 0. The Morgan fingerprint density at radius 1 is 1.64 bits per heavy atom. The van der Waals surface area contributed by atoms with E-state index >= 15 is 0 Å². The van der Waals surface area contributed by atoms with Gasteiger partial charge in [0.1, 0.15) is 0 Å². The summed E-state index contributed by atoms with van der Waals surface area (Å²) in [5.74, 6) is 0. The van der Waals surface area contributed by atoms with Gasteiger partial charge in [0.25, 0.3) is 0 Å². The molecule has 2 nitrogen and oxygen atoms in total. The van der Waals surface area contributed by atoms with Crippen LogP contribution in [0, 0.1) is 5.41 Å². The average Bonchev–Trinajstić information content (AvgIpc) is 1.98. The molecular weight excluding hydrogens is 138 g/mol. The highest BCUT2D eigenvalue weighted by Gasteiger charge is 2.35. The maximum absolute atomic E-state index is 9.72. The Morgan fingerprint density at radius 2 is 2.27 bits per heavy atom. The number of aliphatic hydroxyl groups excluding tert-OH is 1. The molecule has 1 aliphatic heterocycles. The largest absolute Gasteiger partial charge is 0.392 e. The van der Waals surface area contributed by atoms with E-state index in [2.05, 4.69) is 25.8 Å². The van der Waals surface area contributed by atoms with Crippen LogP contribution < -0.4 is 0 Å². The first-order chi connectivity index (χ1) is 5.08. The number of aliphatic hydroxyl groups is 1. The van der Waals surface area contributed by atoms with Gasteiger partial charge in [-0.1, -0.05) is 13.8 Å². The number of rotatable bonds is 1. The first kappa shape index (κ1) is 9.01. The lowest BCUT2D eigenvalue weighted by Crippen LogP contribution is -2.48. The third-order valence-corrected chi connectivity index (χ3v) is 3.03. The van der Waals surface area contributed by atoms with Crippen molar-refractivity contribution in [2.75, 3.05) is 20.1 Å². The van der Waals surface area contributed by atoms with Crippen molar-refractivity contribution in [1.82, 2.24) is 4.90 Å². The van der Waals surface area contributed by atoms with E-state index in [0.717, 1.165) is 25.9 Å². The third-order valence-electron chi connectivity index (χ3n) is 3.03. The predicted octanol–water partition coefficient (Wildman–Crippen LogP) is 1.10. The molecule has 66 valence electrons. The standard InChI is InChI=1S/C9H19NO/c1-4-9(2)7-10(3)6-5-8(9)11/h8,11H,4-7H2,1-3H3. The van der Waals surface area contributed by atoms with E-state index in [4.69, 9.17) is 0 Å². The van der Waals surface area contributed by atoms with E-state index in [0.29, 0.717) is 0 Å². The molecule has 1 fully saturated rings. The van der Waals surface area contributed by atoms with E-state index in [1.807, 2.05) is 0 Å². The smallest absolute Gasteiger partial charge is 0.0618 e. The Kier molecular flexibility index (Phi) is 2.55. The molecule has 1 saturated heterocycles. The number of hydrogen-bond donors (Lipinski definition) is 1. The summed E-state index contributed by atoms with van der Waals surface area (Å²) in [5.41, 5.74) is 0.132. The Morgan fingerprint density at radius 3 is 2.73 bits per heavy atom. The molecular formula is C9H19NO. The summed E-state index contributed by atoms with van der Waals surface area (Å²) < 4.78 is 0. The molecule has 1 aliphatic rings. The van der Waals surface area contributed by atoms with Crippen molar-refractivity contribution < 1.29 is 5.11 Å². The van der Waals surface area contributed by atoms with Gasteiger partial charge in [-0.2, -0.15) is 0 Å². The van der Waals surface area contributed by atoms with Gasteiger partial charge in [0.15, 0.2) is 0 Å². The van der Waals surface area contributed by atoms with E-state index in [1.54, 1.807) is 0 Å². The minimum atomic E-state index is -0.0938. The predicted molar refractivity (Wildman–Crippen MR) is 46.5 cm³/mol. The number of hydrogen-bond acceptors (Lipinski definition) is 2. The SMILES string of the molecule is CCC1(C)CN(C)CCC1O. The molecule has 0 amide bonds. The Labute approximate surface area is 69.2 Å². The molecule has 0 aliphatic carbocycles. The second kappa shape index (κ2) is 3.11. The van der Waals surface area contributed by atoms with E-state index in [-0.39, 0.29) is 11.5 Å². The van der Waals surface area contributed by atoms with Crippen LogP contribution in [-0.4, -0.2) is 36.2 Å². The van der Waals surface area contributed by atoms with E-state index < -0.39 is 0 Å². The van der Waals surface area contributed by atoms with Crippen LogP contribution in [0.5, 0.6) is 0 Å². The zero-order chi connectivity index (χ0) is 8.48. The molecule has 0 aromatic rings. The molecule has 0 aromatic carbocycles. The minimum Gasteiger partial charge on any atom is -0.392 e.